The molecular formula is C13H11ClF2N2. The maximum atomic E-state index is 13.9. The summed E-state index contributed by atoms with van der Waals surface area (Å²) >= 11 is 5.83. The van der Waals surface area contributed by atoms with Crippen molar-refractivity contribution in [2.75, 3.05) is 0 Å². The van der Waals surface area contributed by atoms with E-state index >= 15 is 0 Å². The van der Waals surface area contributed by atoms with Crippen molar-refractivity contribution in [2.45, 2.75) is 20.8 Å². The lowest BCUT2D eigenvalue weighted by Gasteiger charge is -2.10. The van der Waals surface area contributed by atoms with Crippen molar-refractivity contribution in [1.82, 2.24) is 10.2 Å². The summed E-state index contributed by atoms with van der Waals surface area (Å²) in [5.41, 5.74) is 2.07. The third-order valence-electron chi connectivity index (χ3n) is 3.00. The van der Waals surface area contributed by atoms with Gasteiger partial charge in [0.1, 0.15) is 0 Å². The summed E-state index contributed by atoms with van der Waals surface area (Å²) in [7, 11) is 0. The fourth-order valence-corrected chi connectivity index (χ4v) is 1.84. The summed E-state index contributed by atoms with van der Waals surface area (Å²) in [5.74, 6) is -1.77. The van der Waals surface area contributed by atoms with Gasteiger partial charge in [0.15, 0.2) is 16.8 Å². The van der Waals surface area contributed by atoms with Gasteiger partial charge in [0.25, 0.3) is 0 Å². The van der Waals surface area contributed by atoms with Gasteiger partial charge in [0, 0.05) is 5.56 Å². The van der Waals surface area contributed by atoms with E-state index in [0.717, 1.165) is 0 Å². The van der Waals surface area contributed by atoms with Crippen LogP contribution >= 0.6 is 11.6 Å². The molecule has 0 N–H and O–H groups in total. The van der Waals surface area contributed by atoms with Crippen LogP contribution in [0.4, 0.5) is 8.78 Å². The lowest BCUT2D eigenvalue weighted by atomic mass is 10.0. The van der Waals surface area contributed by atoms with Crippen molar-refractivity contribution in [3.63, 3.8) is 0 Å². The lowest BCUT2D eigenvalue weighted by molar-refractivity contribution is 0.505. The van der Waals surface area contributed by atoms with E-state index in [1.54, 1.807) is 13.8 Å². The smallest absolute Gasteiger partial charge is 0.168 e. The van der Waals surface area contributed by atoms with Crippen LogP contribution in [0.25, 0.3) is 11.3 Å². The summed E-state index contributed by atoms with van der Waals surface area (Å²) in [4.78, 5) is 0. The van der Waals surface area contributed by atoms with Crippen LogP contribution in [0.15, 0.2) is 12.1 Å². The molecule has 0 saturated heterocycles. The molecule has 2 aromatic rings. The van der Waals surface area contributed by atoms with Crippen LogP contribution in [0.2, 0.25) is 5.15 Å². The van der Waals surface area contributed by atoms with E-state index in [1.807, 2.05) is 0 Å². The van der Waals surface area contributed by atoms with Crippen LogP contribution in [-0.4, -0.2) is 10.2 Å². The largest absolute Gasteiger partial charge is 0.203 e. The highest BCUT2D eigenvalue weighted by Crippen LogP contribution is 2.29. The second-order valence-electron chi connectivity index (χ2n) is 4.15. The summed E-state index contributed by atoms with van der Waals surface area (Å²) in [5, 5.41) is 7.86. The van der Waals surface area contributed by atoms with Crippen LogP contribution in [0.5, 0.6) is 0 Å². The highest BCUT2D eigenvalue weighted by molar-refractivity contribution is 6.30. The van der Waals surface area contributed by atoms with Gasteiger partial charge in [-0.15, -0.1) is 10.2 Å². The molecule has 1 aromatic heterocycles. The van der Waals surface area contributed by atoms with E-state index in [9.17, 15) is 8.78 Å². The molecule has 0 spiro atoms. The van der Waals surface area contributed by atoms with E-state index in [0.29, 0.717) is 16.8 Å². The predicted molar refractivity (Wildman–Crippen MR) is 66.6 cm³/mol. The first-order valence-electron chi connectivity index (χ1n) is 5.37. The predicted octanol–water partition coefficient (Wildman–Crippen LogP) is 4.00. The van der Waals surface area contributed by atoms with Crippen LogP contribution in [0.3, 0.4) is 0 Å². The molecule has 2 nitrogen and oxygen atoms in total. The number of nitrogens with zero attached hydrogens (tertiary/aromatic N) is 2. The molecule has 0 unspecified atom stereocenters. The SMILES string of the molecule is Cc1ccc(-c2nnc(Cl)c(C)c2C)c(F)c1F. The van der Waals surface area contributed by atoms with Gasteiger partial charge in [-0.1, -0.05) is 17.7 Å². The quantitative estimate of drug-likeness (QED) is 0.781. The van der Waals surface area contributed by atoms with Gasteiger partial charge < -0.3 is 0 Å². The van der Waals surface area contributed by atoms with Gasteiger partial charge in [0.05, 0.1) is 5.69 Å². The fourth-order valence-electron chi connectivity index (χ4n) is 1.66. The third-order valence-corrected chi connectivity index (χ3v) is 3.35. The Hall–Kier alpha value is -1.55. The molecule has 18 heavy (non-hydrogen) atoms. The molecule has 0 amide bonds. The number of benzene rings is 1. The Morgan fingerprint density at radius 1 is 0.944 bits per heavy atom. The maximum absolute atomic E-state index is 13.9. The highest BCUT2D eigenvalue weighted by Gasteiger charge is 2.17. The summed E-state index contributed by atoms with van der Waals surface area (Å²) in [6.45, 7) is 5.02. The summed E-state index contributed by atoms with van der Waals surface area (Å²) in [6, 6.07) is 3.01. The maximum Gasteiger partial charge on any atom is 0.168 e. The van der Waals surface area contributed by atoms with Crippen molar-refractivity contribution >= 4 is 11.6 Å². The normalized spacial score (nSPS) is 10.8. The molecule has 0 radical (unpaired) electrons. The lowest BCUT2D eigenvalue weighted by Crippen LogP contribution is -2.00. The van der Waals surface area contributed by atoms with Crippen molar-refractivity contribution < 1.29 is 8.78 Å². The van der Waals surface area contributed by atoms with E-state index < -0.39 is 11.6 Å². The number of aryl methyl sites for hydroxylation is 1. The van der Waals surface area contributed by atoms with Crippen molar-refractivity contribution in [1.29, 1.82) is 0 Å². The van der Waals surface area contributed by atoms with Crippen molar-refractivity contribution in [2.24, 2.45) is 0 Å². The number of aromatic nitrogens is 2. The number of halogens is 3. The van der Waals surface area contributed by atoms with Crippen molar-refractivity contribution in [3.05, 3.63) is 45.6 Å². The topological polar surface area (TPSA) is 25.8 Å². The molecule has 94 valence electrons. The minimum Gasteiger partial charge on any atom is -0.203 e. The van der Waals surface area contributed by atoms with Gasteiger partial charge >= 0.3 is 0 Å². The van der Waals surface area contributed by atoms with Crippen LogP contribution in [0.1, 0.15) is 16.7 Å². The van der Waals surface area contributed by atoms with Gasteiger partial charge in [-0.25, -0.2) is 8.78 Å². The summed E-state index contributed by atoms with van der Waals surface area (Å²) in [6.07, 6.45) is 0. The fraction of sp³-hybridized carbons (Fsp3) is 0.231. The Morgan fingerprint density at radius 3 is 2.28 bits per heavy atom. The van der Waals surface area contributed by atoms with Crippen molar-refractivity contribution in [3.8, 4) is 11.3 Å². The van der Waals surface area contributed by atoms with Gasteiger partial charge in [-0.3, -0.25) is 0 Å². The third kappa shape index (κ3) is 1.97. The zero-order valence-electron chi connectivity index (χ0n) is 10.2. The number of hydrogen-bond donors (Lipinski definition) is 0. The minimum atomic E-state index is -0.908. The highest BCUT2D eigenvalue weighted by atomic mass is 35.5. The molecular weight excluding hydrogens is 258 g/mol. The second-order valence-corrected chi connectivity index (χ2v) is 4.51. The molecule has 0 atom stereocenters. The first-order valence-corrected chi connectivity index (χ1v) is 5.75. The zero-order chi connectivity index (χ0) is 13.4. The Morgan fingerprint density at radius 2 is 1.61 bits per heavy atom. The molecule has 2 rings (SSSR count). The van der Waals surface area contributed by atoms with Gasteiger partial charge in [-0.05, 0) is 43.5 Å². The van der Waals surface area contributed by atoms with Gasteiger partial charge in [-0.2, -0.15) is 0 Å². The molecule has 1 heterocycles. The van der Waals surface area contributed by atoms with Crippen LogP contribution in [-0.2, 0) is 0 Å². The van der Waals surface area contributed by atoms with Gasteiger partial charge in [0.2, 0.25) is 0 Å². The Kier molecular flexibility index (Phi) is 3.30. The Balaban J connectivity index is 2.71. The molecule has 1 aromatic carbocycles. The summed E-state index contributed by atoms with van der Waals surface area (Å²) < 4.78 is 27.4. The van der Waals surface area contributed by atoms with Crippen LogP contribution < -0.4 is 0 Å². The Bertz CT molecular complexity index is 571. The number of rotatable bonds is 1. The first kappa shape index (κ1) is 12.9. The molecule has 0 aliphatic heterocycles. The molecule has 0 aliphatic rings. The molecule has 0 fully saturated rings. The van der Waals surface area contributed by atoms with E-state index in [1.165, 1.54) is 19.1 Å². The standard InChI is InChI=1S/C13H11ClF2N2/c1-6-4-5-9(11(16)10(6)15)12-7(2)8(3)13(14)18-17-12/h4-5H,1-3H3. The molecule has 0 bridgehead atoms. The number of hydrogen-bond acceptors (Lipinski definition) is 2. The van der Waals surface area contributed by atoms with E-state index in [-0.39, 0.29) is 16.3 Å². The molecule has 5 heteroatoms. The first-order chi connectivity index (χ1) is 8.43. The molecule has 0 saturated carbocycles. The zero-order valence-corrected chi connectivity index (χ0v) is 10.9. The molecule has 0 aliphatic carbocycles. The monoisotopic (exact) mass is 268 g/mol. The van der Waals surface area contributed by atoms with E-state index in [2.05, 4.69) is 10.2 Å². The average Bonchev–Trinajstić information content (AvgIpc) is 2.35. The van der Waals surface area contributed by atoms with E-state index in [4.69, 9.17) is 11.6 Å². The minimum absolute atomic E-state index is 0.0999. The average molecular weight is 269 g/mol. The van der Waals surface area contributed by atoms with Crippen LogP contribution in [0, 0.1) is 32.4 Å². The Labute approximate surface area is 109 Å². The second kappa shape index (κ2) is 4.61.